The summed E-state index contributed by atoms with van der Waals surface area (Å²) >= 11 is 0. The van der Waals surface area contributed by atoms with Gasteiger partial charge in [-0.25, -0.2) is 0 Å². The first-order chi connectivity index (χ1) is 8.99. The lowest BCUT2D eigenvalue weighted by Crippen LogP contribution is -2.37. The lowest BCUT2D eigenvalue weighted by atomic mass is 9.96. The number of carbonyl (C=O) groups is 1. The van der Waals surface area contributed by atoms with Gasteiger partial charge in [-0.3, -0.25) is 4.79 Å². The first kappa shape index (κ1) is 15.2. The monoisotopic (exact) mass is 259 g/mol. The molecule has 1 aromatic rings. The van der Waals surface area contributed by atoms with Crippen molar-refractivity contribution >= 4 is 11.6 Å². The van der Waals surface area contributed by atoms with E-state index in [0.29, 0.717) is 18.0 Å². The predicted molar refractivity (Wildman–Crippen MR) is 76.6 cm³/mol. The summed E-state index contributed by atoms with van der Waals surface area (Å²) in [6.07, 6.45) is 0.775. The van der Waals surface area contributed by atoms with Crippen LogP contribution < -0.4 is 10.6 Å². The molecule has 0 aliphatic carbocycles. The normalized spacial score (nSPS) is 12.0. The van der Waals surface area contributed by atoms with Crippen molar-refractivity contribution in [2.75, 3.05) is 18.5 Å². The van der Waals surface area contributed by atoms with Gasteiger partial charge in [0.25, 0.3) is 0 Å². The first-order valence-corrected chi connectivity index (χ1v) is 6.47. The molecule has 0 aliphatic heterocycles. The quantitative estimate of drug-likeness (QED) is 0.880. The number of nitrogens with two attached hydrogens (primary N) is 1. The number of amides is 1. The Bertz CT molecular complexity index is 477. The molecule has 0 radical (unpaired) electrons. The van der Waals surface area contributed by atoms with E-state index in [1.165, 1.54) is 0 Å². The van der Waals surface area contributed by atoms with Gasteiger partial charge < -0.3 is 10.6 Å². The topological polar surface area (TPSA) is 70.1 Å². The van der Waals surface area contributed by atoms with Gasteiger partial charge in [0.1, 0.15) is 0 Å². The molecule has 4 nitrogen and oxygen atoms in total. The summed E-state index contributed by atoms with van der Waals surface area (Å²) in [6.45, 7) is 4.50. The summed E-state index contributed by atoms with van der Waals surface area (Å²) in [6, 6.07) is 9.10. The molecular weight excluding hydrogens is 238 g/mol. The number of anilines is 1. The minimum atomic E-state index is -0.171. The van der Waals surface area contributed by atoms with Crippen molar-refractivity contribution in [3.63, 3.8) is 0 Å². The van der Waals surface area contributed by atoms with Crippen LogP contribution in [0.5, 0.6) is 0 Å². The van der Waals surface area contributed by atoms with E-state index in [0.717, 1.165) is 12.1 Å². The van der Waals surface area contributed by atoms with E-state index in [4.69, 9.17) is 11.0 Å². The van der Waals surface area contributed by atoms with Gasteiger partial charge in [-0.15, -0.1) is 0 Å². The highest BCUT2D eigenvalue weighted by molar-refractivity contribution is 5.94. The molecule has 1 atom stereocenters. The van der Waals surface area contributed by atoms with Gasteiger partial charge in [-0.05, 0) is 30.5 Å². The molecule has 0 spiro atoms. The van der Waals surface area contributed by atoms with Crippen LogP contribution in [0.3, 0.4) is 0 Å². The maximum absolute atomic E-state index is 12.4. The van der Waals surface area contributed by atoms with Crippen LogP contribution in [-0.4, -0.2) is 19.5 Å². The summed E-state index contributed by atoms with van der Waals surface area (Å²) in [5.74, 6) is 0.262. The largest absolute Gasteiger partial charge is 0.330 e. The second kappa shape index (κ2) is 6.91. The third-order valence-corrected chi connectivity index (χ3v) is 3.08. The minimum absolute atomic E-state index is 0.00582. The van der Waals surface area contributed by atoms with Gasteiger partial charge in [0, 0.05) is 19.3 Å². The highest BCUT2D eigenvalue weighted by Gasteiger charge is 2.22. The Hall–Kier alpha value is -1.86. The molecule has 0 aliphatic rings. The fourth-order valence-corrected chi connectivity index (χ4v) is 2.05. The van der Waals surface area contributed by atoms with Gasteiger partial charge in [0.2, 0.25) is 5.91 Å². The van der Waals surface area contributed by atoms with Gasteiger partial charge in [0.05, 0.1) is 17.6 Å². The van der Waals surface area contributed by atoms with Crippen molar-refractivity contribution in [1.29, 1.82) is 5.26 Å². The Morgan fingerprint density at radius 2 is 2.16 bits per heavy atom. The summed E-state index contributed by atoms with van der Waals surface area (Å²) < 4.78 is 0. The summed E-state index contributed by atoms with van der Waals surface area (Å²) in [5.41, 5.74) is 6.97. The number of carbonyl (C=O) groups excluding carboxylic acids is 1. The number of hydrogen-bond acceptors (Lipinski definition) is 3. The lowest BCUT2D eigenvalue weighted by Gasteiger charge is -2.24. The van der Waals surface area contributed by atoms with Gasteiger partial charge in [0.15, 0.2) is 0 Å². The predicted octanol–water partition coefficient (Wildman–Crippen LogP) is 2.14. The number of nitrogens with zero attached hydrogens (tertiary/aromatic N) is 2. The van der Waals surface area contributed by atoms with E-state index in [2.05, 4.69) is 19.9 Å². The van der Waals surface area contributed by atoms with Crippen molar-refractivity contribution in [1.82, 2.24) is 0 Å². The van der Waals surface area contributed by atoms with Crippen LogP contribution in [-0.2, 0) is 4.79 Å². The van der Waals surface area contributed by atoms with E-state index < -0.39 is 0 Å². The molecule has 0 saturated heterocycles. The average Bonchev–Trinajstić information content (AvgIpc) is 2.43. The summed E-state index contributed by atoms with van der Waals surface area (Å²) in [7, 11) is 1.72. The van der Waals surface area contributed by atoms with E-state index in [9.17, 15) is 4.79 Å². The molecule has 2 N–H and O–H groups in total. The molecule has 4 heteroatoms. The zero-order chi connectivity index (χ0) is 14.4. The fourth-order valence-electron chi connectivity index (χ4n) is 2.05. The Kier molecular flexibility index (Phi) is 5.53. The second-order valence-electron chi connectivity index (χ2n) is 5.12. The molecule has 0 fully saturated rings. The molecule has 102 valence electrons. The van der Waals surface area contributed by atoms with Crippen molar-refractivity contribution in [2.24, 2.45) is 17.6 Å². The van der Waals surface area contributed by atoms with E-state index in [-0.39, 0.29) is 11.8 Å². The van der Waals surface area contributed by atoms with E-state index in [1.54, 1.807) is 30.1 Å². The molecule has 1 unspecified atom stereocenters. The maximum atomic E-state index is 12.4. The minimum Gasteiger partial charge on any atom is -0.330 e. The number of benzene rings is 1. The standard InChI is InChI=1S/C15H21N3O/c1-11(2)7-13(10-17)15(19)18(3)14-6-4-5-12(8-14)9-16/h4-6,8,11,13H,7,10,17H2,1-3H3. The van der Waals surface area contributed by atoms with Crippen LogP contribution in [0, 0.1) is 23.2 Å². The van der Waals surface area contributed by atoms with Crippen LogP contribution in [0.15, 0.2) is 24.3 Å². The van der Waals surface area contributed by atoms with Crippen molar-refractivity contribution in [3.8, 4) is 6.07 Å². The third kappa shape index (κ3) is 4.08. The molecule has 0 bridgehead atoms. The molecule has 1 aromatic carbocycles. The molecule has 0 saturated carbocycles. The van der Waals surface area contributed by atoms with Crippen LogP contribution >= 0.6 is 0 Å². The average molecular weight is 259 g/mol. The molecule has 1 amide bonds. The Morgan fingerprint density at radius 1 is 1.47 bits per heavy atom. The van der Waals surface area contributed by atoms with Gasteiger partial charge in [-0.2, -0.15) is 5.26 Å². The third-order valence-electron chi connectivity index (χ3n) is 3.08. The van der Waals surface area contributed by atoms with Gasteiger partial charge in [-0.1, -0.05) is 19.9 Å². The van der Waals surface area contributed by atoms with Crippen molar-refractivity contribution in [2.45, 2.75) is 20.3 Å². The lowest BCUT2D eigenvalue weighted by molar-refractivity contribution is -0.122. The van der Waals surface area contributed by atoms with Crippen LogP contribution in [0.1, 0.15) is 25.8 Å². The number of rotatable bonds is 5. The van der Waals surface area contributed by atoms with Crippen LogP contribution in [0.4, 0.5) is 5.69 Å². The van der Waals surface area contributed by atoms with E-state index in [1.807, 2.05) is 6.07 Å². The molecule has 19 heavy (non-hydrogen) atoms. The van der Waals surface area contributed by atoms with E-state index >= 15 is 0 Å². The molecular formula is C15H21N3O. The second-order valence-corrected chi connectivity index (χ2v) is 5.12. The fraction of sp³-hybridized carbons (Fsp3) is 0.467. The smallest absolute Gasteiger partial charge is 0.231 e. The van der Waals surface area contributed by atoms with Crippen molar-refractivity contribution in [3.05, 3.63) is 29.8 Å². The van der Waals surface area contributed by atoms with Crippen LogP contribution in [0.25, 0.3) is 0 Å². The number of hydrogen-bond donors (Lipinski definition) is 1. The summed E-state index contributed by atoms with van der Waals surface area (Å²) in [5, 5.41) is 8.88. The highest BCUT2D eigenvalue weighted by atomic mass is 16.2. The maximum Gasteiger partial charge on any atom is 0.231 e. The zero-order valence-electron chi connectivity index (χ0n) is 11.8. The summed E-state index contributed by atoms with van der Waals surface area (Å²) in [4.78, 5) is 14.0. The SMILES string of the molecule is CC(C)CC(CN)C(=O)N(C)c1cccc(C#N)c1. The highest BCUT2D eigenvalue weighted by Crippen LogP contribution is 2.19. The van der Waals surface area contributed by atoms with Gasteiger partial charge >= 0.3 is 0 Å². The zero-order valence-corrected chi connectivity index (χ0v) is 11.8. The first-order valence-electron chi connectivity index (χ1n) is 6.47. The number of nitriles is 1. The van der Waals surface area contributed by atoms with Crippen molar-refractivity contribution < 1.29 is 4.79 Å². The molecule has 0 heterocycles. The molecule has 1 rings (SSSR count). The van der Waals surface area contributed by atoms with Crippen LogP contribution in [0.2, 0.25) is 0 Å². The Labute approximate surface area is 114 Å². The Morgan fingerprint density at radius 3 is 2.68 bits per heavy atom. The Balaban J connectivity index is 2.88. The molecule has 0 aromatic heterocycles.